The Morgan fingerprint density at radius 3 is 2.14 bits per heavy atom. The number of nitrogens with one attached hydrogen (secondary N) is 1. The van der Waals surface area contributed by atoms with Crippen molar-refractivity contribution < 1.29 is 19.0 Å². The van der Waals surface area contributed by atoms with E-state index in [1.807, 2.05) is 12.1 Å². The predicted molar refractivity (Wildman–Crippen MR) is 111 cm³/mol. The molecule has 1 amide bonds. The van der Waals surface area contributed by atoms with Gasteiger partial charge in [0.15, 0.2) is 11.5 Å². The summed E-state index contributed by atoms with van der Waals surface area (Å²) < 4.78 is 16.0. The lowest BCUT2D eigenvalue weighted by molar-refractivity contribution is 0.102. The van der Waals surface area contributed by atoms with Crippen LogP contribution in [-0.4, -0.2) is 40.3 Å². The molecule has 1 fully saturated rings. The van der Waals surface area contributed by atoms with Crippen LogP contribution in [0.5, 0.6) is 17.2 Å². The fourth-order valence-electron chi connectivity index (χ4n) is 3.50. The highest BCUT2D eigenvalue weighted by Crippen LogP contribution is 2.40. The van der Waals surface area contributed by atoms with E-state index in [2.05, 4.69) is 29.3 Å². The molecule has 6 heteroatoms. The Morgan fingerprint density at radius 1 is 0.929 bits per heavy atom. The maximum atomic E-state index is 12.8. The van der Waals surface area contributed by atoms with Crippen LogP contribution in [0, 0.1) is 5.92 Å². The van der Waals surface area contributed by atoms with Crippen molar-refractivity contribution in [3.8, 4) is 17.2 Å². The molecular formula is C22H28N2O4. The smallest absolute Gasteiger partial charge is 0.259 e. The van der Waals surface area contributed by atoms with E-state index in [0.29, 0.717) is 22.8 Å². The summed E-state index contributed by atoms with van der Waals surface area (Å²) in [6.45, 7) is 4.46. The Morgan fingerprint density at radius 2 is 1.57 bits per heavy atom. The summed E-state index contributed by atoms with van der Waals surface area (Å²) in [7, 11) is 4.56. The Bertz CT molecular complexity index is 812. The lowest BCUT2D eigenvalue weighted by Crippen LogP contribution is -2.32. The van der Waals surface area contributed by atoms with E-state index in [-0.39, 0.29) is 5.91 Å². The van der Waals surface area contributed by atoms with E-state index in [1.165, 1.54) is 32.7 Å². The summed E-state index contributed by atoms with van der Waals surface area (Å²) in [5, 5.41) is 2.93. The van der Waals surface area contributed by atoms with Gasteiger partial charge in [-0.2, -0.15) is 0 Å². The van der Waals surface area contributed by atoms with Crippen LogP contribution in [0.15, 0.2) is 36.4 Å². The van der Waals surface area contributed by atoms with Crippen molar-refractivity contribution in [3.05, 3.63) is 42.0 Å². The van der Waals surface area contributed by atoms with Gasteiger partial charge in [-0.1, -0.05) is 6.92 Å². The van der Waals surface area contributed by atoms with Crippen molar-refractivity contribution in [1.82, 2.24) is 0 Å². The summed E-state index contributed by atoms with van der Waals surface area (Å²) in [5.74, 6) is 1.78. The highest BCUT2D eigenvalue weighted by Gasteiger charge is 2.21. The van der Waals surface area contributed by atoms with Crippen LogP contribution in [0.1, 0.15) is 30.1 Å². The van der Waals surface area contributed by atoms with Gasteiger partial charge in [0.2, 0.25) is 5.75 Å². The van der Waals surface area contributed by atoms with Gasteiger partial charge in [-0.3, -0.25) is 4.79 Å². The molecule has 6 nitrogen and oxygen atoms in total. The monoisotopic (exact) mass is 384 g/mol. The van der Waals surface area contributed by atoms with Crippen LogP contribution >= 0.6 is 0 Å². The molecule has 1 N–H and O–H groups in total. The fraction of sp³-hybridized carbons (Fsp3) is 0.409. The lowest BCUT2D eigenvalue weighted by Gasteiger charge is -2.32. The van der Waals surface area contributed by atoms with Gasteiger partial charge in [0, 0.05) is 24.5 Å². The molecule has 2 aromatic carbocycles. The molecule has 1 saturated heterocycles. The maximum Gasteiger partial charge on any atom is 0.259 e. The summed E-state index contributed by atoms with van der Waals surface area (Å²) >= 11 is 0. The largest absolute Gasteiger partial charge is 0.493 e. The number of carbonyl (C=O) groups excluding carboxylic acids is 1. The van der Waals surface area contributed by atoms with Crippen molar-refractivity contribution >= 4 is 17.3 Å². The Kier molecular flexibility index (Phi) is 6.29. The Balaban J connectivity index is 1.74. The van der Waals surface area contributed by atoms with Crippen molar-refractivity contribution in [2.24, 2.45) is 5.92 Å². The second kappa shape index (κ2) is 8.87. The van der Waals surface area contributed by atoms with Crippen LogP contribution in [0.25, 0.3) is 0 Å². The average molecular weight is 384 g/mol. The van der Waals surface area contributed by atoms with Crippen LogP contribution in [0.4, 0.5) is 11.4 Å². The molecule has 0 saturated carbocycles. The third-order valence-electron chi connectivity index (χ3n) is 5.22. The standard InChI is InChI=1S/C22H28N2O4/c1-15-11-13-24(14-12-15)17-7-5-16(6-8-17)23-22(25)18-9-10-19(26-2)21(28-4)20(18)27-3/h5-10,15H,11-14H2,1-4H3,(H,23,25). The third kappa shape index (κ3) is 4.16. The molecular weight excluding hydrogens is 356 g/mol. The van der Waals surface area contributed by atoms with E-state index in [0.717, 1.165) is 24.7 Å². The zero-order valence-corrected chi connectivity index (χ0v) is 17.0. The van der Waals surface area contributed by atoms with Gasteiger partial charge in [-0.05, 0) is 55.2 Å². The first-order valence-electron chi connectivity index (χ1n) is 9.52. The minimum Gasteiger partial charge on any atom is -0.493 e. The summed E-state index contributed by atoms with van der Waals surface area (Å²) in [6.07, 6.45) is 2.44. The molecule has 0 bridgehead atoms. The highest BCUT2D eigenvalue weighted by atomic mass is 16.5. The fourth-order valence-corrected chi connectivity index (χ4v) is 3.50. The number of carbonyl (C=O) groups is 1. The van der Waals surface area contributed by atoms with Crippen LogP contribution < -0.4 is 24.4 Å². The zero-order chi connectivity index (χ0) is 20.1. The Labute approximate surface area is 166 Å². The van der Waals surface area contributed by atoms with Crippen LogP contribution in [0.2, 0.25) is 0 Å². The Hall–Kier alpha value is -2.89. The molecule has 0 aromatic heterocycles. The third-order valence-corrected chi connectivity index (χ3v) is 5.22. The molecule has 3 rings (SSSR count). The van der Waals surface area contributed by atoms with Crippen molar-refractivity contribution in [1.29, 1.82) is 0 Å². The van der Waals surface area contributed by atoms with Gasteiger partial charge in [0.05, 0.1) is 26.9 Å². The molecule has 1 aliphatic rings. The molecule has 1 heterocycles. The topological polar surface area (TPSA) is 60.0 Å². The van der Waals surface area contributed by atoms with Gasteiger partial charge in [0.25, 0.3) is 5.91 Å². The zero-order valence-electron chi connectivity index (χ0n) is 17.0. The first-order chi connectivity index (χ1) is 13.6. The second-order valence-electron chi connectivity index (χ2n) is 7.05. The second-order valence-corrected chi connectivity index (χ2v) is 7.05. The highest BCUT2D eigenvalue weighted by molar-refractivity contribution is 6.07. The molecule has 0 aliphatic carbocycles. The number of hydrogen-bond donors (Lipinski definition) is 1. The maximum absolute atomic E-state index is 12.8. The molecule has 2 aromatic rings. The molecule has 1 aliphatic heterocycles. The van der Waals surface area contributed by atoms with Gasteiger partial charge in [0.1, 0.15) is 0 Å². The van der Waals surface area contributed by atoms with Gasteiger partial charge in [-0.25, -0.2) is 0 Å². The summed E-state index contributed by atoms with van der Waals surface area (Å²) in [6, 6.07) is 11.3. The first-order valence-corrected chi connectivity index (χ1v) is 9.52. The minimum absolute atomic E-state index is 0.266. The van der Waals surface area contributed by atoms with Crippen molar-refractivity contribution in [3.63, 3.8) is 0 Å². The van der Waals surface area contributed by atoms with Crippen molar-refractivity contribution in [2.45, 2.75) is 19.8 Å². The average Bonchev–Trinajstić information content (AvgIpc) is 2.73. The molecule has 0 radical (unpaired) electrons. The predicted octanol–water partition coefficient (Wildman–Crippen LogP) is 4.20. The molecule has 0 spiro atoms. The minimum atomic E-state index is -0.266. The van der Waals surface area contributed by atoms with Crippen LogP contribution in [-0.2, 0) is 0 Å². The van der Waals surface area contributed by atoms with Gasteiger partial charge < -0.3 is 24.4 Å². The van der Waals surface area contributed by atoms with Gasteiger partial charge >= 0.3 is 0 Å². The molecule has 0 unspecified atom stereocenters. The number of ether oxygens (including phenoxy) is 3. The quantitative estimate of drug-likeness (QED) is 0.809. The normalized spacial score (nSPS) is 14.5. The van der Waals surface area contributed by atoms with Gasteiger partial charge in [-0.15, -0.1) is 0 Å². The number of amides is 1. The van der Waals surface area contributed by atoms with Crippen LogP contribution in [0.3, 0.4) is 0 Å². The summed E-state index contributed by atoms with van der Waals surface area (Å²) in [4.78, 5) is 15.2. The SMILES string of the molecule is COc1ccc(C(=O)Nc2ccc(N3CCC(C)CC3)cc2)c(OC)c1OC. The number of anilines is 2. The molecule has 0 atom stereocenters. The summed E-state index contributed by atoms with van der Waals surface area (Å²) in [5.41, 5.74) is 2.30. The number of hydrogen-bond acceptors (Lipinski definition) is 5. The number of piperidine rings is 1. The number of benzene rings is 2. The van der Waals surface area contributed by atoms with Crippen molar-refractivity contribution in [2.75, 3.05) is 44.6 Å². The number of methoxy groups -OCH3 is 3. The molecule has 28 heavy (non-hydrogen) atoms. The van der Waals surface area contributed by atoms with E-state index in [4.69, 9.17) is 14.2 Å². The first kappa shape index (κ1) is 19.9. The van der Waals surface area contributed by atoms with E-state index in [9.17, 15) is 4.79 Å². The number of nitrogens with zero attached hydrogens (tertiary/aromatic N) is 1. The van der Waals surface area contributed by atoms with E-state index in [1.54, 1.807) is 19.2 Å². The van der Waals surface area contributed by atoms with E-state index < -0.39 is 0 Å². The van der Waals surface area contributed by atoms with E-state index >= 15 is 0 Å². The lowest BCUT2D eigenvalue weighted by atomic mass is 9.99. The molecule has 150 valence electrons. The number of rotatable bonds is 6.